The maximum absolute atomic E-state index is 13.2. The third-order valence-corrected chi connectivity index (χ3v) is 6.90. The molecule has 2 aliphatic rings. The van der Waals surface area contributed by atoms with Gasteiger partial charge in [-0.25, -0.2) is 9.97 Å². The maximum atomic E-state index is 13.2. The Kier molecular flexibility index (Phi) is 5.54. The highest BCUT2D eigenvalue weighted by molar-refractivity contribution is 6.90. The first kappa shape index (κ1) is 22.7. The summed E-state index contributed by atoms with van der Waals surface area (Å²) in [6.45, 7) is 4.34. The van der Waals surface area contributed by atoms with Gasteiger partial charge in [0.1, 0.15) is 18.1 Å². The molecule has 9 nitrogen and oxygen atoms in total. The van der Waals surface area contributed by atoms with E-state index < -0.39 is 0 Å². The number of fused-ring (bicyclic) bond motifs is 2. The topological polar surface area (TPSA) is 97.1 Å². The van der Waals surface area contributed by atoms with Gasteiger partial charge in [0, 0.05) is 44.0 Å². The van der Waals surface area contributed by atoms with E-state index in [4.69, 9.17) is 7.74 Å². The van der Waals surface area contributed by atoms with Gasteiger partial charge in [0.25, 0.3) is 0 Å². The summed E-state index contributed by atoms with van der Waals surface area (Å²) in [6.07, 6.45) is 7.00. The lowest BCUT2D eigenvalue weighted by Gasteiger charge is -2.27. The first-order chi connectivity index (χ1) is 16.2. The van der Waals surface area contributed by atoms with Gasteiger partial charge in [-0.15, -0.1) is 0 Å². The average Bonchev–Trinajstić information content (AvgIpc) is 3.17. The van der Waals surface area contributed by atoms with Crippen LogP contribution in [0.15, 0.2) is 24.7 Å². The fourth-order valence-electron chi connectivity index (χ4n) is 5.03. The summed E-state index contributed by atoms with van der Waals surface area (Å²) >= 11 is 0. The standard InChI is InChI=1S/C23H26B2N7O2/c1-13(33)22-15-5-16(14-8-27-20(28-9-14)11-30(3)4)26-10-17(15)31(29-22)12-21(34)32-18-6-23(18,2)7-19(32)25-24/h5,8-10,18-19H,6-7,11-12H2,1-4H3/t18-,19+,23-/m1/s1. The SMILES string of the molecule is [B][B][C@@H]1C[C@@]2(C)C[C@H]2N1C(=O)Cn1nc(C(C)=O)c2cc(-c3cnc(CN(C)C)nc3)ncc21. The van der Waals surface area contributed by atoms with Crippen LogP contribution < -0.4 is 0 Å². The fraction of sp³-hybridized carbons (Fsp3) is 0.478. The minimum absolute atomic E-state index is 0.0318. The average molecular weight is 454 g/mol. The van der Waals surface area contributed by atoms with Crippen molar-refractivity contribution in [1.82, 2.24) is 34.5 Å². The predicted octanol–water partition coefficient (Wildman–Crippen LogP) is 1.28. The van der Waals surface area contributed by atoms with E-state index >= 15 is 0 Å². The van der Waals surface area contributed by atoms with E-state index in [1.807, 2.05) is 30.0 Å². The van der Waals surface area contributed by atoms with Crippen molar-refractivity contribution in [1.29, 1.82) is 0 Å². The smallest absolute Gasteiger partial charge is 0.244 e. The second-order valence-corrected chi connectivity index (χ2v) is 9.91. The lowest BCUT2D eigenvalue weighted by Crippen LogP contribution is -2.43. The molecule has 1 saturated carbocycles. The van der Waals surface area contributed by atoms with Gasteiger partial charge >= 0.3 is 0 Å². The van der Waals surface area contributed by atoms with Crippen LogP contribution in [0.4, 0.5) is 0 Å². The fourth-order valence-corrected chi connectivity index (χ4v) is 5.03. The number of nitrogens with zero attached hydrogens (tertiary/aromatic N) is 7. The number of hydrogen-bond donors (Lipinski definition) is 0. The second-order valence-electron chi connectivity index (χ2n) is 9.91. The number of ketones is 1. The van der Waals surface area contributed by atoms with Crippen LogP contribution in [-0.2, 0) is 17.9 Å². The van der Waals surface area contributed by atoms with Gasteiger partial charge in [0.2, 0.25) is 5.91 Å². The molecular formula is C23H26B2N7O2. The molecule has 1 amide bonds. The number of carbonyl (C=O) groups is 2. The highest BCUT2D eigenvalue weighted by Gasteiger charge is 2.61. The molecule has 0 N–H and O–H groups in total. The quantitative estimate of drug-likeness (QED) is 0.392. The van der Waals surface area contributed by atoms with Gasteiger partial charge in [-0.05, 0) is 44.4 Å². The Bertz CT molecular complexity index is 1280. The Morgan fingerprint density at radius 3 is 2.59 bits per heavy atom. The summed E-state index contributed by atoms with van der Waals surface area (Å²) in [5.41, 5.74) is 2.50. The molecule has 4 heterocycles. The Balaban J connectivity index is 1.45. The molecule has 0 bridgehead atoms. The lowest BCUT2D eigenvalue weighted by molar-refractivity contribution is -0.132. The number of rotatable bonds is 7. The Hall–Kier alpha value is -3.07. The first-order valence-electron chi connectivity index (χ1n) is 11.4. The molecule has 0 spiro atoms. The van der Waals surface area contributed by atoms with Gasteiger partial charge in [-0.1, -0.05) is 6.92 Å². The molecule has 3 aromatic heterocycles. The maximum Gasteiger partial charge on any atom is 0.244 e. The molecule has 0 unspecified atom stereocenters. The van der Waals surface area contributed by atoms with E-state index in [-0.39, 0.29) is 35.6 Å². The third kappa shape index (κ3) is 3.91. The molecule has 2 fully saturated rings. The van der Waals surface area contributed by atoms with Crippen molar-refractivity contribution in [3.8, 4) is 11.3 Å². The van der Waals surface area contributed by atoms with E-state index in [9.17, 15) is 9.59 Å². The number of Topliss-reactive ketones (excluding diaryl/α,β-unsaturated/α-hetero) is 1. The van der Waals surface area contributed by atoms with Crippen molar-refractivity contribution in [2.75, 3.05) is 14.1 Å². The van der Waals surface area contributed by atoms with Crippen LogP contribution in [0.1, 0.15) is 43.0 Å². The monoisotopic (exact) mass is 454 g/mol. The highest BCUT2D eigenvalue weighted by atomic mass is 16.2. The van der Waals surface area contributed by atoms with Crippen molar-refractivity contribution in [3.63, 3.8) is 0 Å². The summed E-state index contributed by atoms with van der Waals surface area (Å²) in [7, 11) is 11.4. The van der Waals surface area contributed by atoms with E-state index in [0.717, 1.165) is 18.4 Å². The molecule has 5 rings (SSSR count). The molecule has 1 aliphatic carbocycles. The van der Waals surface area contributed by atoms with Gasteiger partial charge in [-0.2, -0.15) is 5.10 Å². The minimum atomic E-state index is -0.171. The normalized spacial score (nSPS) is 23.4. The highest BCUT2D eigenvalue weighted by Crippen LogP contribution is 2.58. The van der Waals surface area contributed by atoms with Gasteiger partial charge in [0.05, 0.1) is 31.1 Å². The van der Waals surface area contributed by atoms with Crippen LogP contribution in [0.25, 0.3) is 22.2 Å². The molecule has 3 aromatic rings. The van der Waals surface area contributed by atoms with E-state index in [2.05, 4.69) is 27.0 Å². The number of pyridine rings is 1. The molecule has 3 radical (unpaired) electrons. The lowest BCUT2D eigenvalue weighted by atomic mass is 9.49. The zero-order valence-electron chi connectivity index (χ0n) is 19.9. The van der Waals surface area contributed by atoms with Crippen molar-refractivity contribution in [2.24, 2.45) is 5.41 Å². The molecule has 0 aromatic carbocycles. The van der Waals surface area contributed by atoms with Crippen molar-refractivity contribution in [2.45, 2.75) is 51.8 Å². The summed E-state index contributed by atoms with van der Waals surface area (Å²) in [6, 6.07) is 2.04. The predicted molar refractivity (Wildman–Crippen MR) is 129 cm³/mol. The zero-order valence-corrected chi connectivity index (χ0v) is 19.9. The minimum Gasteiger partial charge on any atom is -0.344 e. The molecule has 1 aliphatic heterocycles. The molecule has 171 valence electrons. The number of likely N-dealkylation sites (tertiary alicyclic amines) is 1. The molecular weight excluding hydrogens is 428 g/mol. The number of aromatic nitrogens is 5. The Labute approximate surface area is 200 Å². The zero-order chi connectivity index (χ0) is 24.2. The van der Waals surface area contributed by atoms with Gasteiger partial charge in [-0.3, -0.25) is 19.3 Å². The summed E-state index contributed by atoms with van der Waals surface area (Å²) in [5, 5.41) is 5.14. The molecule has 11 heteroatoms. The van der Waals surface area contributed by atoms with Crippen molar-refractivity contribution < 1.29 is 9.59 Å². The third-order valence-electron chi connectivity index (χ3n) is 6.90. The largest absolute Gasteiger partial charge is 0.344 e. The number of hydrogen-bond acceptors (Lipinski definition) is 7. The van der Waals surface area contributed by atoms with Crippen molar-refractivity contribution in [3.05, 3.63) is 36.2 Å². The van der Waals surface area contributed by atoms with Gasteiger partial charge < -0.3 is 9.80 Å². The van der Waals surface area contributed by atoms with Crippen LogP contribution >= 0.6 is 0 Å². The van der Waals surface area contributed by atoms with E-state index in [1.54, 1.807) is 30.4 Å². The van der Waals surface area contributed by atoms with Crippen LogP contribution in [0.2, 0.25) is 0 Å². The van der Waals surface area contributed by atoms with Crippen molar-refractivity contribution >= 4 is 37.5 Å². The molecule has 1 saturated heterocycles. The van der Waals surface area contributed by atoms with Crippen LogP contribution in [0.3, 0.4) is 0 Å². The Morgan fingerprint density at radius 2 is 1.94 bits per heavy atom. The molecule has 34 heavy (non-hydrogen) atoms. The van der Waals surface area contributed by atoms with Crippen LogP contribution in [0.5, 0.6) is 0 Å². The number of carbonyl (C=O) groups excluding carboxylic acids is 2. The summed E-state index contributed by atoms with van der Waals surface area (Å²) in [4.78, 5) is 42.9. The first-order valence-corrected chi connectivity index (χ1v) is 11.4. The van der Waals surface area contributed by atoms with E-state index in [1.165, 1.54) is 6.92 Å². The Morgan fingerprint density at radius 1 is 1.21 bits per heavy atom. The second kappa shape index (κ2) is 8.30. The molecule has 3 atom stereocenters. The van der Waals surface area contributed by atoms with E-state index in [0.29, 0.717) is 34.7 Å². The summed E-state index contributed by atoms with van der Waals surface area (Å²) in [5.74, 6) is 0.430. The summed E-state index contributed by atoms with van der Waals surface area (Å²) < 4.78 is 1.58. The van der Waals surface area contributed by atoms with Crippen LogP contribution in [-0.4, -0.2) is 87.2 Å². The van der Waals surface area contributed by atoms with Crippen LogP contribution in [0, 0.1) is 5.41 Å². The number of piperidine rings is 1. The number of amides is 1. The van der Waals surface area contributed by atoms with Gasteiger partial charge in [0.15, 0.2) is 5.78 Å².